The van der Waals surface area contributed by atoms with Crippen molar-refractivity contribution in [2.24, 2.45) is 0 Å². The first-order valence-electron chi connectivity index (χ1n) is 9.83. The van der Waals surface area contributed by atoms with E-state index >= 15 is 0 Å². The van der Waals surface area contributed by atoms with Crippen LogP contribution in [-0.4, -0.2) is 22.7 Å². The SMILES string of the molecule is CCOc1ccccc1C(=O)N[C@@H](c1nnc(-c2ccccc2)o1)c1ccccc1Cl. The maximum Gasteiger partial charge on any atom is 0.255 e. The maximum atomic E-state index is 13.2. The van der Waals surface area contributed by atoms with Crippen LogP contribution in [0.15, 0.2) is 83.3 Å². The molecule has 6 nitrogen and oxygen atoms in total. The molecule has 0 aliphatic carbocycles. The maximum absolute atomic E-state index is 13.2. The Morgan fingerprint density at radius 3 is 2.48 bits per heavy atom. The number of benzene rings is 3. The van der Waals surface area contributed by atoms with Gasteiger partial charge in [-0.15, -0.1) is 10.2 Å². The molecule has 0 radical (unpaired) electrons. The number of hydrogen-bond donors (Lipinski definition) is 1. The summed E-state index contributed by atoms with van der Waals surface area (Å²) in [5.74, 6) is 0.746. The Balaban J connectivity index is 1.71. The van der Waals surface area contributed by atoms with Crippen molar-refractivity contribution in [1.29, 1.82) is 0 Å². The second-order valence-electron chi connectivity index (χ2n) is 6.67. The number of nitrogens with zero attached hydrogens (tertiary/aromatic N) is 2. The molecule has 0 fully saturated rings. The van der Waals surface area contributed by atoms with E-state index in [-0.39, 0.29) is 11.8 Å². The van der Waals surface area contributed by atoms with Gasteiger partial charge in [0, 0.05) is 16.1 Å². The molecule has 1 heterocycles. The number of hydrogen-bond acceptors (Lipinski definition) is 5. The molecule has 4 aromatic rings. The van der Waals surface area contributed by atoms with Crippen molar-refractivity contribution < 1.29 is 13.9 Å². The predicted octanol–water partition coefficient (Wildman–Crippen LogP) is 5.31. The molecule has 1 amide bonds. The molecule has 31 heavy (non-hydrogen) atoms. The van der Waals surface area contributed by atoms with Crippen LogP contribution in [0.4, 0.5) is 0 Å². The van der Waals surface area contributed by atoms with Crippen LogP contribution >= 0.6 is 11.6 Å². The predicted molar refractivity (Wildman–Crippen MR) is 118 cm³/mol. The van der Waals surface area contributed by atoms with E-state index in [0.29, 0.717) is 34.4 Å². The fraction of sp³-hybridized carbons (Fsp3) is 0.125. The fourth-order valence-electron chi connectivity index (χ4n) is 3.17. The average molecular weight is 434 g/mol. The average Bonchev–Trinajstić information content (AvgIpc) is 3.29. The van der Waals surface area contributed by atoms with Crippen molar-refractivity contribution >= 4 is 17.5 Å². The number of amides is 1. The number of ether oxygens (including phenoxy) is 1. The van der Waals surface area contributed by atoms with Gasteiger partial charge in [0.05, 0.1) is 12.2 Å². The van der Waals surface area contributed by atoms with E-state index in [1.54, 1.807) is 24.3 Å². The van der Waals surface area contributed by atoms with Crippen LogP contribution in [0.5, 0.6) is 5.75 Å². The van der Waals surface area contributed by atoms with Gasteiger partial charge in [-0.2, -0.15) is 0 Å². The first-order chi connectivity index (χ1) is 15.2. The van der Waals surface area contributed by atoms with E-state index in [1.807, 2.05) is 61.5 Å². The lowest BCUT2D eigenvalue weighted by atomic mass is 10.1. The third-order valence-corrected chi connectivity index (χ3v) is 4.98. The molecule has 0 aliphatic heterocycles. The van der Waals surface area contributed by atoms with E-state index in [9.17, 15) is 4.79 Å². The van der Waals surface area contributed by atoms with Crippen molar-refractivity contribution in [3.05, 3.63) is 101 Å². The van der Waals surface area contributed by atoms with Crippen LogP contribution in [0.1, 0.15) is 34.8 Å². The lowest BCUT2D eigenvalue weighted by Crippen LogP contribution is -2.30. The Bertz CT molecular complexity index is 1180. The molecule has 7 heteroatoms. The third kappa shape index (κ3) is 4.59. The second-order valence-corrected chi connectivity index (χ2v) is 7.08. The zero-order chi connectivity index (χ0) is 21.6. The first-order valence-corrected chi connectivity index (χ1v) is 10.2. The number of halogens is 1. The van der Waals surface area contributed by atoms with Crippen LogP contribution in [-0.2, 0) is 0 Å². The summed E-state index contributed by atoms with van der Waals surface area (Å²) in [4.78, 5) is 13.2. The van der Waals surface area contributed by atoms with Crippen molar-refractivity contribution in [3.63, 3.8) is 0 Å². The van der Waals surface area contributed by atoms with Crippen LogP contribution < -0.4 is 10.1 Å². The lowest BCUT2D eigenvalue weighted by molar-refractivity contribution is 0.0934. The smallest absolute Gasteiger partial charge is 0.255 e. The molecular formula is C24H20ClN3O3. The number of para-hydroxylation sites is 1. The van der Waals surface area contributed by atoms with Crippen LogP contribution in [0.25, 0.3) is 11.5 Å². The summed E-state index contributed by atoms with van der Waals surface area (Å²) in [5, 5.41) is 11.8. The number of rotatable bonds is 7. The fourth-order valence-corrected chi connectivity index (χ4v) is 3.42. The normalized spacial score (nSPS) is 11.7. The summed E-state index contributed by atoms with van der Waals surface area (Å²) in [6.07, 6.45) is 0. The molecule has 0 spiro atoms. The highest BCUT2D eigenvalue weighted by molar-refractivity contribution is 6.31. The van der Waals surface area contributed by atoms with Gasteiger partial charge in [0.2, 0.25) is 11.8 Å². The van der Waals surface area contributed by atoms with Gasteiger partial charge in [-0.25, -0.2) is 0 Å². The number of aromatic nitrogens is 2. The van der Waals surface area contributed by atoms with E-state index in [4.69, 9.17) is 20.8 Å². The van der Waals surface area contributed by atoms with E-state index < -0.39 is 6.04 Å². The number of carbonyl (C=O) groups is 1. The second kappa shape index (κ2) is 9.45. The molecule has 1 aromatic heterocycles. The highest BCUT2D eigenvalue weighted by atomic mass is 35.5. The molecular weight excluding hydrogens is 414 g/mol. The molecule has 0 bridgehead atoms. The zero-order valence-corrected chi connectivity index (χ0v) is 17.5. The minimum absolute atomic E-state index is 0.231. The molecule has 156 valence electrons. The van der Waals surface area contributed by atoms with Crippen molar-refractivity contribution in [3.8, 4) is 17.2 Å². The summed E-state index contributed by atoms with van der Waals surface area (Å²) < 4.78 is 11.5. The minimum Gasteiger partial charge on any atom is -0.493 e. The standard InChI is InChI=1S/C24H20ClN3O3/c1-2-30-20-15-9-7-13-18(20)22(29)26-21(17-12-6-8-14-19(17)25)24-28-27-23(31-24)16-10-4-3-5-11-16/h3-15,21H,2H2,1H3,(H,26,29)/t21-/m1/s1. The summed E-state index contributed by atoms with van der Waals surface area (Å²) in [6.45, 7) is 2.31. The summed E-state index contributed by atoms with van der Waals surface area (Å²) in [7, 11) is 0. The molecule has 1 atom stereocenters. The number of nitrogens with one attached hydrogen (secondary N) is 1. The first kappa shape index (κ1) is 20.6. The molecule has 0 unspecified atom stereocenters. The largest absolute Gasteiger partial charge is 0.493 e. The highest BCUT2D eigenvalue weighted by Gasteiger charge is 2.26. The lowest BCUT2D eigenvalue weighted by Gasteiger charge is -2.18. The topological polar surface area (TPSA) is 77.2 Å². The quantitative estimate of drug-likeness (QED) is 0.427. The van der Waals surface area contributed by atoms with E-state index in [0.717, 1.165) is 5.56 Å². The Morgan fingerprint density at radius 1 is 1.00 bits per heavy atom. The molecule has 0 saturated carbocycles. The van der Waals surface area contributed by atoms with Crippen LogP contribution in [0.3, 0.4) is 0 Å². The third-order valence-electron chi connectivity index (χ3n) is 4.63. The molecule has 0 saturated heterocycles. The Hall–Kier alpha value is -3.64. The Kier molecular flexibility index (Phi) is 6.29. The summed E-state index contributed by atoms with van der Waals surface area (Å²) >= 11 is 6.44. The van der Waals surface area contributed by atoms with E-state index in [1.165, 1.54) is 0 Å². The van der Waals surface area contributed by atoms with Crippen molar-refractivity contribution in [1.82, 2.24) is 15.5 Å². The highest BCUT2D eigenvalue weighted by Crippen LogP contribution is 2.30. The van der Waals surface area contributed by atoms with Gasteiger partial charge in [0.25, 0.3) is 5.91 Å². The summed E-state index contributed by atoms with van der Waals surface area (Å²) in [5.41, 5.74) is 1.84. The molecule has 3 aromatic carbocycles. The van der Waals surface area contributed by atoms with E-state index in [2.05, 4.69) is 15.5 Å². The van der Waals surface area contributed by atoms with Gasteiger partial charge in [-0.3, -0.25) is 4.79 Å². The van der Waals surface area contributed by atoms with Crippen molar-refractivity contribution in [2.75, 3.05) is 6.61 Å². The van der Waals surface area contributed by atoms with Gasteiger partial charge in [-0.1, -0.05) is 60.1 Å². The van der Waals surface area contributed by atoms with Crippen LogP contribution in [0, 0.1) is 0 Å². The van der Waals surface area contributed by atoms with Gasteiger partial charge in [-0.05, 0) is 37.3 Å². The monoisotopic (exact) mass is 433 g/mol. The van der Waals surface area contributed by atoms with Gasteiger partial charge < -0.3 is 14.5 Å². The molecule has 4 rings (SSSR count). The Morgan fingerprint density at radius 2 is 1.71 bits per heavy atom. The number of carbonyl (C=O) groups excluding carboxylic acids is 1. The minimum atomic E-state index is -0.735. The zero-order valence-electron chi connectivity index (χ0n) is 16.8. The Labute approximate surface area is 184 Å². The van der Waals surface area contributed by atoms with Gasteiger partial charge in [0.15, 0.2) is 0 Å². The summed E-state index contributed by atoms with van der Waals surface area (Å²) in [6, 6.07) is 23.0. The van der Waals surface area contributed by atoms with Gasteiger partial charge >= 0.3 is 0 Å². The molecule has 0 aliphatic rings. The van der Waals surface area contributed by atoms with Crippen LogP contribution in [0.2, 0.25) is 5.02 Å². The molecule has 1 N–H and O–H groups in total. The van der Waals surface area contributed by atoms with Crippen molar-refractivity contribution in [2.45, 2.75) is 13.0 Å². The van der Waals surface area contributed by atoms with Gasteiger partial charge in [0.1, 0.15) is 11.8 Å².